The standard InChI is InChI=1S/C12H23NO/c1-5-7-8-12(13-9-6-2)10-14-11(3)4/h11-13H,6,8-10H2,1-4H3. The number of nitrogens with one attached hydrogen (secondary N) is 1. The third-order valence-electron chi connectivity index (χ3n) is 1.84. The first-order valence-electron chi connectivity index (χ1n) is 5.45. The van der Waals surface area contributed by atoms with Crippen molar-refractivity contribution in [2.45, 2.75) is 52.7 Å². The molecule has 0 amide bonds. The Morgan fingerprint density at radius 3 is 2.57 bits per heavy atom. The summed E-state index contributed by atoms with van der Waals surface area (Å²) in [5, 5.41) is 3.43. The summed E-state index contributed by atoms with van der Waals surface area (Å²) < 4.78 is 5.57. The zero-order valence-corrected chi connectivity index (χ0v) is 9.89. The van der Waals surface area contributed by atoms with Gasteiger partial charge in [-0.25, -0.2) is 0 Å². The topological polar surface area (TPSA) is 21.3 Å². The molecule has 14 heavy (non-hydrogen) atoms. The molecule has 0 fully saturated rings. The third-order valence-corrected chi connectivity index (χ3v) is 1.84. The highest BCUT2D eigenvalue weighted by atomic mass is 16.5. The molecule has 2 heteroatoms. The highest BCUT2D eigenvalue weighted by Crippen LogP contribution is 1.96. The van der Waals surface area contributed by atoms with E-state index >= 15 is 0 Å². The Labute approximate surface area is 88.4 Å². The van der Waals surface area contributed by atoms with Crippen molar-refractivity contribution in [3.05, 3.63) is 0 Å². The first-order chi connectivity index (χ1) is 6.70. The predicted molar refractivity (Wildman–Crippen MR) is 61.2 cm³/mol. The van der Waals surface area contributed by atoms with E-state index in [9.17, 15) is 0 Å². The lowest BCUT2D eigenvalue weighted by Crippen LogP contribution is -2.34. The number of hydrogen-bond donors (Lipinski definition) is 1. The van der Waals surface area contributed by atoms with Crippen LogP contribution in [-0.4, -0.2) is 25.3 Å². The molecule has 1 unspecified atom stereocenters. The smallest absolute Gasteiger partial charge is 0.0632 e. The molecule has 0 bridgehead atoms. The maximum Gasteiger partial charge on any atom is 0.0632 e. The Hall–Kier alpha value is -0.520. The van der Waals surface area contributed by atoms with Crippen molar-refractivity contribution in [3.8, 4) is 11.8 Å². The van der Waals surface area contributed by atoms with Crippen LogP contribution in [0.15, 0.2) is 0 Å². The molecule has 0 heterocycles. The molecule has 2 nitrogen and oxygen atoms in total. The molecule has 0 aliphatic heterocycles. The minimum Gasteiger partial charge on any atom is -0.377 e. The summed E-state index contributed by atoms with van der Waals surface area (Å²) in [6, 6.07) is 0.379. The SMILES string of the molecule is CC#CCC(COC(C)C)NCCC. The third kappa shape index (κ3) is 8.10. The summed E-state index contributed by atoms with van der Waals surface area (Å²) >= 11 is 0. The molecule has 0 saturated carbocycles. The number of rotatable bonds is 7. The van der Waals surface area contributed by atoms with Gasteiger partial charge in [-0.05, 0) is 33.7 Å². The fourth-order valence-corrected chi connectivity index (χ4v) is 1.07. The van der Waals surface area contributed by atoms with Gasteiger partial charge in [-0.15, -0.1) is 11.8 Å². The van der Waals surface area contributed by atoms with Gasteiger partial charge in [-0.1, -0.05) is 6.92 Å². The largest absolute Gasteiger partial charge is 0.377 e. The second-order valence-electron chi connectivity index (χ2n) is 3.66. The van der Waals surface area contributed by atoms with E-state index in [1.54, 1.807) is 0 Å². The lowest BCUT2D eigenvalue weighted by Gasteiger charge is -2.17. The van der Waals surface area contributed by atoms with Gasteiger partial charge in [-0.3, -0.25) is 0 Å². The van der Waals surface area contributed by atoms with Crippen molar-refractivity contribution in [1.29, 1.82) is 0 Å². The maximum absolute atomic E-state index is 5.57. The zero-order valence-electron chi connectivity index (χ0n) is 9.89. The lowest BCUT2D eigenvalue weighted by molar-refractivity contribution is 0.0622. The summed E-state index contributed by atoms with van der Waals surface area (Å²) in [5.41, 5.74) is 0. The molecule has 0 aliphatic rings. The maximum atomic E-state index is 5.57. The van der Waals surface area contributed by atoms with Crippen molar-refractivity contribution < 1.29 is 4.74 Å². The van der Waals surface area contributed by atoms with Gasteiger partial charge in [0.05, 0.1) is 12.7 Å². The van der Waals surface area contributed by atoms with Crippen LogP contribution in [0.5, 0.6) is 0 Å². The summed E-state index contributed by atoms with van der Waals surface area (Å²) in [6.07, 6.45) is 2.33. The van der Waals surface area contributed by atoms with Gasteiger partial charge < -0.3 is 10.1 Å². The van der Waals surface area contributed by atoms with Crippen LogP contribution in [0.2, 0.25) is 0 Å². The Morgan fingerprint density at radius 1 is 1.36 bits per heavy atom. The molecule has 0 radical (unpaired) electrons. The van der Waals surface area contributed by atoms with Gasteiger partial charge in [0.2, 0.25) is 0 Å². The van der Waals surface area contributed by atoms with Crippen LogP contribution >= 0.6 is 0 Å². The number of hydrogen-bond acceptors (Lipinski definition) is 2. The molecule has 82 valence electrons. The monoisotopic (exact) mass is 197 g/mol. The van der Waals surface area contributed by atoms with Gasteiger partial charge in [0.15, 0.2) is 0 Å². The van der Waals surface area contributed by atoms with Crippen molar-refractivity contribution in [3.63, 3.8) is 0 Å². The van der Waals surface area contributed by atoms with Crippen LogP contribution in [0.3, 0.4) is 0 Å². The van der Waals surface area contributed by atoms with Gasteiger partial charge in [0.1, 0.15) is 0 Å². The average molecular weight is 197 g/mol. The summed E-state index contributed by atoms with van der Waals surface area (Å²) in [5.74, 6) is 6.01. The van der Waals surface area contributed by atoms with E-state index in [0.717, 1.165) is 26.0 Å². The van der Waals surface area contributed by atoms with E-state index in [1.807, 2.05) is 6.92 Å². The van der Waals surface area contributed by atoms with Gasteiger partial charge in [0.25, 0.3) is 0 Å². The van der Waals surface area contributed by atoms with E-state index in [4.69, 9.17) is 4.74 Å². The first kappa shape index (κ1) is 13.5. The quantitative estimate of drug-likeness (QED) is 0.632. The van der Waals surface area contributed by atoms with E-state index in [0.29, 0.717) is 12.1 Å². The molecule has 0 saturated heterocycles. The van der Waals surface area contributed by atoms with Crippen LogP contribution in [0.25, 0.3) is 0 Å². The molecule has 1 atom stereocenters. The Morgan fingerprint density at radius 2 is 2.07 bits per heavy atom. The fourth-order valence-electron chi connectivity index (χ4n) is 1.07. The second-order valence-corrected chi connectivity index (χ2v) is 3.66. The van der Waals surface area contributed by atoms with E-state index < -0.39 is 0 Å². The average Bonchev–Trinajstić information content (AvgIpc) is 2.16. The Balaban J connectivity index is 3.75. The van der Waals surface area contributed by atoms with Crippen molar-refractivity contribution >= 4 is 0 Å². The van der Waals surface area contributed by atoms with Gasteiger partial charge in [0, 0.05) is 12.5 Å². The van der Waals surface area contributed by atoms with Gasteiger partial charge >= 0.3 is 0 Å². The van der Waals surface area contributed by atoms with Crippen LogP contribution in [0, 0.1) is 11.8 Å². The fraction of sp³-hybridized carbons (Fsp3) is 0.833. The van der Waals surface area contributed by atoms with Crippen LogP contribution < -0.4 is 5.32 Å². The molecule has 0 aromatic carbocycles. The second kappa shape index (κ2) is 9.05. The van der Waals surface area contributed by atoms with Crippen molar-refractivity contribution in [2.75, 3.05) is 13.2 Å². The van der Waals surface area contributed by atoms with Crippen molar-refractivity contribution in [2.24, 2.45) is 0 Å². The predicted octanol–water partition coefficient (Wildman–Crippen LogP) is 2.19. The highest BCUT2D eigenvalue weighted by molar-refractivity contribution is 4.98. The summed E-state index contributed by atoms with van der Waals surface area (Å²) in [7, 11) is 0. The molecule has 1 N–H and O–H groups in total. The summed E-state index contributed by atoms with van der Waals surface area (Å²) in [4.78, 5) is 0. The van der Waals surface area contributed by atoms with E-state index in [-0.39, 0.29) is 0 Å². The highest BCUT2D eigenvalue weighted by Gasteiger charge is 2.06. The molecule has 0 spiro atoms. The van der Waals surface area contributed by atoms with Crippen LogP contribution in [0.1, 0.15) is 40.5 Å². The molecule has 0 aliphatic carbocycles. The van der Waals surface area contributed by atoms with Crippen LogP contribution in [0.4, 0.5) is 0 Å². The Kier molecular flexibility index (Phi) is 8.72. The van der Waals surface area contributed by atoms with E-state index in [1.165, 1.54) is 0 Å². The first-order valence-corrected chi connectivity index (χ1v) is 5.45. The summed E-state index contributed by atoms with van der Waals surface area (Å²) in [6.45, 7) is 9.95. The van der Waals surface area contributed by atoms with Crippen molar-refractivity contribution in [1.82, 2.24) is 5.32 Å². The molecular formula is C12H23NO. The molecular weight excluding hydrogens is 174 g/mol. The zero-order chi connectivity index (χ0) is 10.8. The van der Waals surface area contributed by atoms with Crippen LogP contribution in [-0.2, 0) is 4.74 Å². The van der Waals surface area contributed by atoms with E-state index in [2.05, 4.69) is 37.9 Å². The Bertz CT molecular complexity index is 178. The van der Waals surface area contributed by atoms with Gasteiger partial charge in [-0.2, -0.15) is 0 Å². The normalized spacial score (nSPS) is 12.4. The molecule has 0 aromatic heterocycles. The molecule has 0 rings (SSSR count). The minimum atomic E-state index is 0.301. The lowest BCUT2D eigenvalue weighted by atomic mass is 10.2. The minimum absolute atomic E-state index is 0.301. The molecule has 0 aromatic rings. The number of ether oxygens (including phenoxy) is 1.